The molecule has 2 nitrogen and oxygen atoms in total. The van der Waals surface area contributed by atoms with Crippen molar-refractivity contribution in [3.05, 3.63) is 0 Å². The van der Waals surface area contributed by atoms with Crippen molar-refractivity contribution in [3.63, 3.8) is 0 Å². The summed E-state index contributed by atoms with van der Waals surface area (Å²) in [5, 5.41) is 3.66. The maximum atomic E-state index is 3.66. The molecule has 2 unspecified atom stereocenters. The maximum absolute atomic E-state index is 3.66. The first-order valence-electron chi connectivity index (χ1n) is 8.51. The van der Waals surface area contributed by atoms with Gasteiger partial charge in [0, 0.05) is 19.1 Å². The minimum atomic E-state index is 0.476. The molecular formula is C17H36N2. The normalized spacial score (nSPS) is 25.7. The highest BCUT2D eigenvalue weighted by molar-refractivity contribution is 4.87. The van der Waals surface area contributed by atoms with E-state index in [1.807, 2.05) is 0 Å². The van der Waals surface area contributed by atoms with Crippen LogP contribution in [-0.2, 0) is 0 Å². The van der Waals surface area contributed by atoms with Gasteiger partial charge in [0.05, 0.1) is 0 Å². The Hall–Kier alpha value is -0.0800. The van der Waals surface area contributed by atoms with E-state index in [0.717, 1.165) is 18.5 Å². The third-order valence-electron chi connectivity index (χ3n) is 5.24. The maximum Gasteiger partial charge on any atom is 0.00697 e. The second kappa shape index (κ2) is 8.26. The van der Waals surface area contributed by atoms with Gasteiger partial charge in [-0.3, -0.25) is 0 Å². The molecule has 1 heterocycles. The standard InChI is InChI=1S/C17H36N2/c1-6-10-18-13-17(7-2,8-3)14-19-11-9-15(4)12-16(19)5/h15-16,18H,6-14H2,1-5H3. The number of hydrogen-bond acceptors (Lipinski definition) is 2. The minimum Gasteiger partial charge on any atom is -0.316 e. The van der Waals surface area contributed by atoms with Crippen molar-refractivity contribution in [1.29, 1.82) is 0 Å². The van der Waals surface area contributed by atoms with Crippen LogP contribution in [-0.4, -0.2) is 37.1 Å². The predicted molar refractivity (Wildman–Crippen MR) is 85.6 cm³/mol. The molecule has 0 amide bonds. The number of rotatable bonds is 8. The smallest absolute Gasteiger partial charge is 0.00697 e. The monoisotopic (exact) mass is 268 g/mol. The van der Waals surface area contributed by atoms with Crippen molar-refractivity contribution in [3.8, 4) is 0 Å². The number of nitrogens with one attached hydrogen (secondary N) is 1. The van der Waals surface area contributed by atoms with Crippen LogP contribution in [0.2, 0.25) is 0 Å². The fourth-order valence-electron chi connectivity index (χ4n) is 3.43. The summed E-state index contributed by atoms with van der Waals surface area (Å²) in [4.78, 5) is 2.75. The molecule has 1 N–H and O–H groups in total. The Bertz CT molecular complexity index is 235. The van der Waals surface area contributed by atoms with Crippen LogP contribution in [0.1, 0.15) is 66.7 Å². The summed E-state index contributed by atoms with van der Waals surface area (Å²) in [7, 11) is 0. The van der Waals surface area contributed by atoms with Gasteiger partial charge in [-0.15, -0.1) is 0 Å². The van der Waals surface area contributed by atoms with E-state index in [1.165, 1.54) is 51.7 Å². The molecule has 0 aromatic rings. The van der Waals surface area contributed by atoms with E-state index in [-0.39, 0.29) is 0 Å². The minimum absolute atomic E-state index is 0.476. The van der Waals surface area contributed by atoms with Crippen LogP contribution >= 0.6 is 0 Å². The Kier molecular flexibility index (Phi) is 7.38. The van der Waals surface area contributed by atoms with E-state index >= 15 is 0 Å². The van der Waals surface area contributed by atoms with Gasteiger partial charge in [-0.2, -0.15) is 0 Å². The highest BCUT2D eigenvalue weighted by Gasteiger charge is 2.32. The molecule has 0 bridgehead atoms. The summed E-state index contributed by atoms with van der Waals surface area (Å²) >= 11 is 0. The zero-order valence-corrected chi connectivity index (χ0v) is 14.0. The summed E-state index contributed by atoms with van der Waals surface area (Å²) in [6.45, 7) is 16.8. The van der Waals surface area contributed by atoms with Crippen molar-refractivity contribution < 1.29 is 0 Å². The highest BCUT2D eigenvalue weighted by Crippen LogP contribution is 2.31. The van der Waals surface area contributed by atoms with Crippen LogP contribution in [0.5, 0.6) is 0 Å². The zero-order valence-electron chi connectivity index (χ0n) is 14.0. The molecule has 0 aliphatic carbocycles. The molecule has 19 heavy (non-hydrogen) atoms. The van der Waals surface area contributed by atoms with Gasteiger partial charge in [0.25, 0.3) is 0 Å². The summed E-state index contributed by atoms with van der Waals surface area (Å²) in [6, 6.07) is 0.771. The molecule has 0 aromatic carbocycles. The van der Waals surface area contributed by atoms with Crippen LogP contribution in [0, 0.1) is 11.3 Å². The molecule has 1 rings (SSSR count). The van der Waals surface area contributed by atoms with Crippen LogP contribution in [0.15, 0.2) is 0 Å². The summed E-state index contributed by atoms with van der Waals surface area (Å²) < 4.78 is 0. The average Bonchev–Trinajstić information content (AvgIpc) is 2.41. The van der Waals surface area contributed by atoms with Gasteiger partial charge < -0.3 is 10.2 Å². The molecule has 1 aliphatic heterocycles. The van der Waals surface area contributed by atoms with E-state index in [1.54, 1.807) is 0 Å². The Morgan fingerprint density at radius 3 is 2.37 bits per heavy atom. The summed E-state index contributed by atoms with van der Waals surface area (Å²) in [5.41, 5.74) is 0.476. The third-order valence-corrected chi connectivity index (χ3v) is 5.24. The molecule has 0 spiro atoms. The molecule has 0 saturated carbocycles. The lowest BCUT2D eigenvalue weighted by Crippen LogP contribution is -2.49. The van der Waals surface area contributed by atoms with Crippen molar-refractivity contribution in [2.75, 3.05) is 26.2 Å². The number of likely N-dealkylation sites (tertiary alicyclic amines) is 1. The Morgan fingerprint density at radius 1 is 1.16 bits per heavy atom. The van der Waals surface area contributed by atoms with Gasteiger partial charge in [0.15, 0.2) is 0 Å². The van der Waals surface area contributed by atoms with E-state index in [4.69, 9.17) is 0 Å². The number of piperidine rings is 1. The van der Waals surface area contributed by atoms with Crippen LogP contribution in [0.25, 0.3) is 0 Å². The van der Waals surface area contributed by atoms with E-state index < -0.39 is 0 Å². The fraction of sp³-hybridized carbons (Fsp3) is 1.00. The molecule has 0 radical (unpaired) electrons. The molecule has 1 saturated heterocycles. The Labute approximate surface area is 121 Å². The van der Waals surface area contributed by atoms with Crippen molar-refractivity contribution in [2.24, 2.45) is 11.3 Å². The number of nitrogens with zero attached hydrogens (tertiary/aromatic N) is 1. The van der Waals surface area contributed by atoms with Crippen LogP contribution < -0.4 is 5.32 Å². The topological polar surface area (TPSA) is 15.3 Å². The van der Waals surface area contributed by atoms with E-state index in [9.17, 15) is 0 Å². The van der Waals surface area contributed by atoms with Gasteiger partial charge in [0.2, 0.25) is 0 Å². The molecule has 0 aromatic heterocycles. The van der Waals surface area contributed by atoms with Crippen molar-refractivity contribution in [1.82, 2.24) is 10.2 Å². The largest absolute Gasteiger partial charge is 0.316 e. The predicted octanol–water partition coefficient (Wildman–Crippen LogP) is 3.91. The molecule has 1 fully saturated rings. The lowest BCUT2D eigenvalue weighted by molar-refractivity contribution is 0.0645. The third kappa shape index (κ3) is 5.07. The Balaban J connectivity index is 2.56. The van der Waals surface area contributed by atoms with Crippen molar-refractivity contribution in [2.45, 2.75) is 72.8 Å². The second-order valence-corrected chi connectivity index (χ2v) is 6.83. The van der Waals surface area contributed by atoms with Crippen LogP contribution in [0.4, 0.5) is 0 Å². The lowest BCUT2D eigenvalue weighted by atomic mass is 9.80. The van der Waals surface area contributed by atoms with Gasteiger partial charge in [-0.05, 0) is 63.5 Å². The van der Waals surface area contributed by atoms with Gasteiger partial charge >= 0.3 is 0 Å². The lowest BCUT2D eigenvalue weighted by Gasteiger charge is -2.43. The van der Waals surface area contributed by atoms with E-state index in [0.29, 0.717) is 5.41 Å². The van der Waals surface area contributed by atoms with Crippen molar-refractivity contribution >= 4 is 0 Å². The molecule has 114 valence electrons. The second-order valence-electron chi connectivity index (χ2n) is 6.83. The summed E-state index contributed by atoms with van der Waals surface area (Å²) in [5.74, 6) is 0.919. The average molecular weight is 268 g/mol. The molecule has 2 heteroatoms. The SMILES string of the molecule is CCCNCC(CC)(CC)CN1CCC(C)CC1C. The zero-order chi connectivity index (χ0) is 14.3. The number of hydrogen-bond donors (Lipinski definition) is 1. The van der Waals surface area contributed by atoms with Gasteiger partial charge in [0.1, 0.15) is 0 Å². The summed E-state index contributed by atoms with van der Waals surface area (Å²) in [6.07, 6.45) is 6.58. The quantitative estimate of drug-likeness (QED) is 0.671. The first kappa shape index (κ1) is 17.0. The van der Waals surface area contributed by atoms with Gasteiger partial charge in [-0.25, -0.2) is 0 Å². The van der Waals surface area contributed by atoms with Gasteiger partial charge in [-0.1, -0.05) is 27.7 Å². The molecule has 2 atom stereocenters. The Morgan fingerprint density at radius 2 is 1.84 bits per heavy atom. The molecule has 1 aliphatic rings. The molecular weight excluding hydrogens is 232 g/mol. The van der Waals surface area contributed by atoms with Crippen LogP contribution in [0.3, 0.4) is 0 Å². The first-order chi connectivity index (χ1) is 9.06. The van der Waals surface area contributed by atoms with E-state index in [2.05, 4.69) is 44.8 Å². The first-order valence-corrected chi connectivity index (χ1v) is 8.51. The highest BCUT2D eigenvalue weighted by atomic mass is 15.2. The fourth-order valence-corrected chi connectivity index (χ4v) is 3.43.